The van der Waals surface area contributed by atoms with Gasteiger partial charge >= 0.3 is 0 Å². The second-order valence-corrected chi connectivity index (χ2v) is 6.97. The smallest absolute Gasteiger partial charge is 0.163 e. The van der Waals surface area contributed by atoms with Crippen molar-refractivity contribution in [3.63, 3.8) is 0 Å². The summed E-state index contributed by atoms with van der Waals surface area (Å²) in [6.07, 6.45) is 4.47. The largest absolute Gasteiger partial charge is 0.363 e. The van der Waals surface area contributed by atoms with Gasteiger partial charge < -0.3 is 5.32 Å². The summed E-state index contributed by atoms with van der Waals surface area (Å²) < 4.78 is 1.94. The molecule has 1 atom stereocenters. The number of nitrogens with one attached hydrogen (secondary N) is 1. The predicted octanol–water partition coefficient (Wildman–Crippen LogP) is 4.61. The van der Waals surface area contributed by atoms with Crippen molar-refractivity contribution in [2.45, 2.75) is 33.2 Å². The van der Waals surface area contributed by atoms with Crippen molar-refractivity contribution in [2.24, 2.45) is 7.05 Å². The zero-order chi connectivity index (χ0) is 19.7. The summed E-state index contributed by atoms with van der Waals surface area (Å²) in [4.78, 5) is 13.8. The van der Waals surface area contributed by atoms with Crippen LogP contribution >= 0.6 is 0 Å². The Labute approximate surface area is 164 Å². The Kier molecular flexibility index (Phi) is 4.77. The fourth-order valence-electron chi connectivity index (χ4n) is 3.65. The lowest BCUT2D eigenvalue weighted by Gasteiger charge is -2.20. The predicted molar refractivity (Wildman–Crippen MR) is 112 cm³/mol. The number of hydrogen-bond donors (Lipinski definition) is 1. The van der Waals surface area contributed by atoms with Gasteiger partial charge in [-0.3, -0.25) is 9.67 Å². The maximum Gasteiger partial charge on any atom is 0.163 e. The van der Waals surface area contributed by atoms with E-state index in [0.29, 0.717) is 5.82 Å². The highest BCUT2D eigenvalue weighted by molar-refractivity contribution is 5.90. The van der Waals surface area contributed by atoms with Crippen molar-refractivity contribution in [1.82, 2.24) is 24.7 Å². The van der Waals surface area contributed by atoms with E-state index in [2.05, 4.69) is 42.2 Å². The molecule has 0 amide bonds. The third kappa shape index (κ3) is 3.22. The van der Waals surface area contributed by atoms with Gasteiger partial charge in [0.05, 0.1) is 17.3 Å². The van der Waals surface area contributed by atoms with Crippen LogP contribution in [0.4, 0.5) is 5.82 Å². The monoisotopic (exact) mass is 372 g/mol. The molecule has 0 saturated carbocycles. The molecule has 142 valence electrons. The lowest BCUT2D eigenvalue weighted by molar-refractivity contribution is 0.715. The van der Waals surface area contributed by atoms with Gasteiger partial charge in [-0.15, -0.1) is 0 Å². The van der Waals surface area contributed by atoms with E-state index in [-0.39, 0.29) is 6.04 Å². The second kappa shape index (κ2) is 7.38. The maximum absolute atomic E-state index is 4.86. The number of pyridine rings is 1. The van der Waals surface area contributed by atoms with E-state index in [1.54, 1.807) is 12.4 Å². The third-order valence-corrected chi connectivity index (χ3v) is 5.16. The van der Waals surface area contributed by atoms with Crippen LogP contribution in [0.5, 0.6) is 0 Å². The Bertz CT molecular complexity index is 1120. The number of para-hydroxylation sites is 1. The normalized spacial score (nSPS) is 12.3. The first-order valence-electron chi connectivity index (χ1n) is 9.52. The van der Waals surface area contributed by atoms with Crippen molar-refractivity contribution in [3.05, 3.63) is 65.7 Å². The Hall–Kier alpha value is -3.28. The average molecular weight is 372 g/mol. The fraction of sp³-hybridized carbons (Fsp3) is 0.273. The molecule has 0 aliphatic heterocycles. The van der Waals surface area contributed by atoms with E-state index in [1.165, 1.54) is 11.3 Å². The van der Waals surface area contributed by atoms with Crippen molar-refractivity contribution in [1.29, 1.82) is 0 Å². The summed E-state index contributed by atoms with van der Waals surface area (Å²) in [6, 6.07) is 12.1. The van der Waals surface area contributed by atoms with Gasteiger partial charge in [-0.25, -0.2) is 9.97 Å². The van der Waals surface area contributed by atoms with Gasteiger partial charge in [0.25, 0.3) is 0 Å². The van der Waals surface area contributed by atoms with Gasteiger partial charge in [0, 0.05) is 41.6 Å². The van der Waals surface area contributed by atoms with Crippen LogP contribution in [-0.4, -0.2) is 24.7 Å². The molecular formula is C22H24N6. The van der Waals surface area contributed by atoms with Crippen molar-refractivity contribution >= 4 is 16.7 Å². The van der Waals surface area contributed by atoms with Crippen molar-refractivity contribution in [3.8, 4) is 11.4 Å². The summed E-state index contributed by atoms with van der Waals surface area (Å²) in [7, 11) is 1.99. The summed E-state index contributed by atoms with van der Waals surface area (Å²) in [5, 5.41) is 9.26. The molecule has 4 rings (SSSR count). The lowest BCUT2D eigenvalue weighted by Crippen LogP contribution is -2.14. The van der Waals surface area contributed by atoms with Crippen LogP contribution in [0.1, 0.15) is 36.3 Å². The fourth-order valence-corrected chi connectivity index (χ4v) is 3.65. The molecule has 0 bridgehead atoms. The minimum absolute atomic E-state index is 0.119. The van der Waals surface area contributed by atoms with Crippen LogP contribution in [0.15, 0.2) is 48.8 Å². The Morgan fingerprint density at radius 2 is 1.89 bits per heavy atom. The van der Waals surface area contributed by atoms with Gasteiger partial charge in [-0.05, 0) is 44.5 Å². The molecule has 0 fully saturated rings. The minimum atomic E-state index is 0.119. The van der Waals surface area contributed by atoms with Crippen LogP contribution in [0.25, 0.3) is 22.3 Å². The Morgan fingerprint density at radius 1 is 1.07 bits per heavy atom. The summed E-state index contributed by atoms with van der Waals surface area (Å²) in [5.41, 5.74) is 5.26. The molecule has 3 heterocycles. The molecule has 0 spiro atoms. The number of benzene rings is 1. The van der Waals surface area contributed by atoms with E-state index in [4.69, 9.17) is 9.97 Å². The highest BCUT2D eigenvalue weighted by Gasteiger charge is 2.20. The number of rotatable bonds is 5. The van der Waals surface area contributed by atoms with Gasteiger partial charge in [-0.1, -0.05) is 19.1 Å². The summed E-state index contributed by atoms with van der Waals surface area (Å²) in [5.74, 6) is 1.50. The summed E-state index contributed by atoms with van der Waals surface area (Å²) in [6.45, 7) is 6.35. The van der Waals surface area contributed by atoms with E-state index >= 15 is 0 Å². The van der Waals surface area contributed by atoms with Gasteiger partial charge in [0.15, 0.2) is 5.82 Å². The first-order chi connectivity index (χ1) is 13.6. The van der Waals surface area contributed by atoms with Gasteiger partial charge in [0.1, 0.15) is 5.82 Å². The second-order valence-electron chi connectivity index (χ2n) is 6.97. The molecule has 0 radical (unpaired) electrons. The van der Waals surface area contributed by atoms with Crippen molar-refractivity contribution in [2.75, 3.05) is 5.32 Å². The molecule has 4 aromatic rings. The van der Waals surface area contributed by atoms with E-state index < -0.39 is 0 Å². The molecule has 1 aromatic carbocycles. The molecule has 6 nitrogen and oxygen atoms in total. The Morgan fingerprint density at radius 3 is 2.57 bits per heavy atom. The van der Waals surface area contributed by atoms with Crippen LogP contribution < -0.4 is 5.32 Å². The van der Waals surface area contributed by atoms with Crippen LogP contribution in [0, 0.1) is 13.8 Å². The molecule has 1 N–H and O–H groups in total. The minimum Gasteiger partial charge on any atom is -0.363 e. The lowest BCUT2D eigenvalue weighted by atomic mass is 10.0. The quantitative estimate of drug-likeness (QED) is 0.554. The van der Waals surface area contributed by atoms with Crippen molar-refractivity contribution < 1.29 is 0 Å². The Balaban J connectivity index is 1.83. The maximum atomic E-state index is 4.86. The van der Waals surface area contributed by atoms with E-state index in [0.717, 1.165) is 34.4 Å². The highest BCUT2D eigenvalue weighted by atomic mass is 15.3. The molecule has 1 unspecified atom stereocenters. The van der Waals surface area contributed by atoms with Crippen LogP contribution in [0.3, 0.4) is 0 Å². The number of hydrogen-bond acceptors (Lipinski definition) is 5. The molecular weight excluding hydrogens is 348 g/mol. The zero-order valence-electron chi connectivity index (χ0n) is 16.6. The average Bonchev–Trinajstić information content (AvgIpc) is 2.98. The third-order valence-electron chi connectivity index (χ3n) is 5.16. The standard InChI is InChI=1S/C22H24N6/c1-5-18(20-14(2)27-28(4)15(20)3)24-22-17-10-6-7-11-19(17)25-21(26-22)16-9-8-12-23-13-16/h6-13,18H,5H2,1-4H3,(H,24,25,26). The molecule has 0 aliphatic rings. The molecule has 0 saturated heterocycles. The SMILES string of the molecule is CCC(Nc1nc(-c2cccnc2)nc2ccccc12)c1c(C)nn(C)c1C. The first-order valence-corrected chi connectivity index (χ1v) is 9.52. The molecule has 0 aliphatic carbocycles. The van der Waals surface area contributed by atoms with Crippen LogP contribution in [0.2, 0.25) is 0 Å². The van der Waals surface area contributed by atoms with E-state index in [1.807, 2.05) is 42.1 Å². The van der Waals surface area contributed by atoms with Crippen LogP contribution in [-0.2, 0) is 7.05 Å². The van der Waals surface area contributed by atoms with E-state index in [9.17, 15) is 0 Å². The number of aromatic nitrogens is 5. The topological polar surface area (TPSA) is 68.5 Å². The highest BCUT2D eigenvalue weighted by Crippen LogP contribution is 2.31. The molecule has 3 aromatic heterocycles. The van der Waals surface area contributed by atoms with Gasteiger partial charge in [0.2, 0.25) is 0 Å². The summed E-state index contributed by atoms with van der Waals surface area (Å²) >= 11 is 0. The number of anilines is 1. The number of nitrogens with zero attached hydrogens (tertiary/aromatic N) is 5. The number of aryl methyl sites for hydroxylation is 2. The number of fused-ring (bicyclic) bond motifs is 1. The zero-order valence-corrected chi connectivity index (χ0v) is 16.6. The molecule has 28 heavy (non-hydrogen) atoms. The molecule has 6 heteroatoms. The van der Waals surface area contributed by atoms with Gasteiger partial charge in [-0.2, -0.15) is 5.10 Å². The first kappa shape index (κ1) is 18.1.